The van der Waals surface area contributed by atoms with E-state index in [0.29, 0.717) is 42.8 Å². The summed E-state index contributed by atoms with van der Waals surface area (Å²) in [6.45, 7) is 5.09. The summed E-state index contributed by atoms with van der Waals surface area (Å²) >= 11 is 17.8. The zero-order chi connectivity index (χ0) is 20.1. The summed E-state index contributed by atoms with van der Waals surface area (Å²) in [5.74, 6) is 0.726. The highest BCUT2D eigenvalue weighted by molar-refractivity contribution is 6.63. The number of halogens is 3. The second-order valence-electron chi connectivity index (χ2n) is 6.97. The van der Waals surface area contributed by atoms with E-state index in [0.717, 1.165) is 23.4 Å². The predicted molar refractivity (Wildman–Crippen MR) is 112 cm³/mol. The van der Waals surface area contributed by atoms with E-state index in [2.05, 4.69) is 11.8 Å². The van der Waals surface area contributed by atoms with Crippen molar-refractivity contribution in [3.8, 4) is 5.75 Å². The van der Waals surface area contributed by atoms with Gasteiger partial charge in [-0.2, -0.15) is 0 Å². The Labute approximate surface area is 180 Å². The van der Waals surface area contributed by atoms with E-state index < -0.39 is 5.60 Å². The van der Waals surface area contributed by atoms with Crippen LogP contribution in [-0.2, 0) is 21.7 Å². The minimum Gasteiger partial charge on any atom is -0.489 e. The first kappa shape index (κ1) is 21.4. The van der Waals surface area contributed by atoms with Gasteiger partial charge in [0.15, 0.2) is 0 Å². The van der Waals surface area contributed by atoms with Gasteiger partial charge in [0.25, 0.3) is 0 Å². The molecule has 3 rings (SSSR count). The normalized spacial score (nSPS) is 20.1. The Bertz CT molecular complexity index is 808. The Hall–Kier alpha value is -1.30. The number of nitrogens with zero attached hydrogens (tertiary/aromatic N) is 1. The van der Waals surface area contributed by atoms with E-state index in [1.54, 1.807) is 18.2 Å². The van der Waals surface area contributed by atoms with Crippen LogP contribution in [0, 0.1) is 0 Å². The van der Waals surface area contributed by atoms with Crippen LogP contribution in [0.2, 0.25) is 10.0 Å². The summed E-state index contributed by atoms with van der Waals surface area (Å²) in [4.78, 5) is 13.2. The lowest BCUT2D eigenvalue weighted by Crippen LogP contribution is -2.48. The number of carbonyl (C=O) groups is 1. The molecule has 0 aromatic heterocycles. The number of carbonyl (C=O) groups excluding carboxylic acids is 1. The van der Waals surface area contributed by atoms with Crippen LogP contribution in [0.15, 0.2) is 42.5 Å². The standard InChI is InChI=1S/C21H22Cl3NO3/c1-21(14-25(11-12-28-21)10-9-20(24)26)15-5-7-16(8-6-15)27-13-17-18(22)3-2-4-19(17)23/h2-8H,9-14H2,1H3. The van der Waals surface area contributed by atoms with Crippen molar-refractivity contribution in [1.82, 2.24) is 4.90 Å². The molecule has 0 spiro atoms. The van der Waals surface area contributed by atoms with Gasteiger partial charge in [0.1, 0.15) is 18.0 Å². The molecule has 28 heavy (non-hydrogen) atoms. The van der Waals surface area contributed by atoms with Gasteiger partial charge in [-0.15, -0.1) is 0 Å². The van der Waals surface area contributed by atoms with Gasteiger partial charge < -0.3 is 9.47 Å². The molecule has 0 bridgehead atoms. The first-order valence-corrected chi connectivity index (χ1v) is 10.2. The molecule has 150 valence electrons. The van der Waals surface area contributed by atoms with Crippen LogP contribution in [0.3, 0.4) is 0 Å². The molecule has 0 N–H and O–H groups in total. The van der Waals surface area contributed by atoms with Gasteiger partial charge in [0.05, 0.1) is 6.61 Å². The fraction of sp³-hybridized carbons (Fsp3) is 0.381. The van der Waals surface area contributed by atoms with E-state index in [1.165, 1.54) is 0 Å². The highest BCUT2D eigenvalue weighted by atomic mass is 35.5. The first-order valence-electron chi connectivity index (χ1n) is 9.08. The fourth-order valence-electron chi connectivity index (χ4n) is 3.29. The van der Waals surface area contributed by atoms with Crippen molar-refractivity contribution in [2.45, 2.75) is 25.6 Å². The molecule has 0 saturated carbocycles. The van der Waals surface area contributed by atoms with Crippen molar-refractivity contribution in [1.29, 1.82) is 0 Å². The third-order valence-electron chi connectivity index (χ3n) is 4.89. The fourth-order valence-corrected chi connectivity index (χ4v) is 3.88. The van der Waals surface area contributed by atoms with Crippen LogP contribution >= 0.6 is 34.8 Å². The summed E-state index contributed by atoms with van der Waals surface area (Å²) in [5.41, 5.74) is 1.37. The molecule has 1 saturated heterocycles. The number of benzene rings is 2. The smallest absolute Gasteiger partial charge is 0.222 e. The number of morpholine rings is 1. The van der Waals surface area contributed by atoms with Crippen LogP contribution in [0.25, 0.3) is 0 Å². The van der Waals surface area contributed by atoms with Gasteiger partial charge in [0.2, 0.25) is 5.24 Å². The monoisotopic (exact) mass is 441 g/mol. The topological polar surface area (TPSA) is 38.8 Å². The average molecular weight is 443 g/mol. The largest absolute Gasteiger partial charge is 0.489 e. The maximum Gasteiger partial charge on any atom is 0.222 e. The summed E-state index contributed by atoms with van der Waals surface area (Å²) in [6.07, 6.45) is 0.342. The molecule has 1 aliphatic rings. The lowest BCUT2D eigenvalue weighted by molar-refractivity contribution is -0.116. The van der Waals surface area contributed by atoms with Crippen LogP contribution in [0.5, 0.6) is 5.75 Å². The predicted octanol–water partition coefficient (Wildman–Crippen LogP) is 5.28. The van der Waals surface area contributed by atoms with E-state index in [4.69, 9.17) is 44.3 Å². The van der Waals surface area contributed by atoms with Crippen molar-refractivity contribution >= 4 is 40.0 Å². The minimum absolute atomic E-state index is 0.297. The molecule has 1 unspecified atom stereocenters. The summed E-state index contributed by atoms with van der Waals surface area (Å²) in [7, 11) is 0. The van der Waals surface area contributed by atoms with Crippen LogP contribution in [0.1, 0.15) is 24.5 Å². The molecular formula is C21H22Cl3NO3. The third-order valence-corrected chi connectivity index (χ3v) is 5.79. The van der Waals surface area contributed by atoms with Crippen molar-refractivity contribution in [3.05, 3.63) is 63.6 Å². The number of rotatable bonds is 7. The summed E-state index contributed by atoms with van der Waals surface area (Å²) < 4.78 is 11.9. The lowest BCUT2D eigenvalue weighted by Gasteiger charge is -2.40. The van der Waals surface area contributed by atoms with Crippen LogP contribution in [-0.4, -0.2) is 36.4 Å². The molecule has 1 heterocycles. The molecule has 1 fully saturated rings. The zero-order valence-corrected chi connectivity index (χ0v) is 17.9. The number of hydrogen-bond acceptors (Lipinski definition) is 4. The molecule has 0 aliphatic carbocycles. The summed E-state index contributed by atoms with van der Waals surface area (Å²) in [5, 5.41) is 0.860. The Morgan fingerprint density at radius 1 is 1.18 bits per heavy atom. The van der Waals surface area contributed by atoms with E-state index >= 15 is 0 Å². The minimum atomic E-state index is -0.446. The van der Waals surface area contributed by atoms with Gasteiger partial charge in [-0.1, -0.05) is 41.4 Å². The SMILES string of the molecule is CC1(c2ccc(OCc3c(Cl)cccc3Cl)cc2)CN(CCC(=O)Cl)CCO1. The van der Waals surface area contributed by atoms with Crippen molar-refractivity contribution in [3.63, 3.8) is 0 Å². The number of ether oxygens (including phenoxy) is 2. The van der Waals surface area contributed by atoms with Gasteiger partial charge in [0, 0.05) is 41.7 Å². The quantitative estimate of drug-likeness (QED) is 0.547. The van der Waals surface area contributed by atoms with E-state index in [9.17, 15) is 4.79 Å². The Morgan fingerprint density at radius 3 is 2.50 bits per heavy atom. The van der Waals surface area contributed by atoms with Crippen LogP contribution in [0.4, 0.5) is 0 Å². The zero-order valence-electron chi connectivity index (χ0n) is 15.6. The highest BCUT2D eigenvalue weighted by Crippen LogP contribution is 2.31. The van der Waals surface area contributed by atoms with Gasteiger partial charge in [-0.05, 0) is 48.4 Å². The molecule has 2 aromatic carbocycles. The molecule has 7 heteroatoms. The van der Waals surface area contributed by atoms with Gasteiger partial charge in [-0.25, -0.2) is 0 Å². The maximum absolute atomic E-state index is 11.0. The Balaban J connectivity index is 1.64. The van der Waals surface area contributed by atoms with Gasteiger partial charge in [-0.3, -0.25) is 9.69 Å². The molecule has 4 nitrogen and oxygen atoms in total. The van der Waals surface area contributed by atoms with E-state index in [1.807, 2.05) is 24.3 Å². The van der Waals surface area contributed by atoms with Crippen molar-refractivity contribution in [2.75, 3.05) is 26.2 Å². The summed E-state index contributed by atoms with van der Waals surface area (Å²) in [6, 6.07) is 13.2. The molecule has 0 amide bonds. The molecule has 1 atom stereocenters. The number of hydrogen-bond donors (Lipinski definition) is 0. The first-order chi connectivity index (χ1) is 13.4. The second-order valence-corrected chi connectivity index (χ2v) is 8.21. The van der Waals surface area contributed by atoms with Crippen molar-refractivity contribution in [2.24, 2.45) is 0 Å². The lowest BCUT2D eigenvalue weighted by atomic mass is 9.93. The van der Waals surface area contributed by atoms with Gasteiger partial charge >= 0.3 is 0 Å². The Morgan fingerprint density at radius 2 is 1.86 bits per heavy atom. The molecule has 0 radical (unpaired) electrons. The highest BCUT2D eigenvalue weighted by Gasteiger charge is 2.33. The van der Waals surface area contributed by atoms with Crippen LogP contribution < -0.4 is 4.74 Å². The molecular weight excluding hydrogens is 421 g/mol. The van der Waals surface area contributed by atoms with Crippen molar-refractivity contribution < 1.29 is 14.3 Å². The average Bonchev–Trinajstić information content (AvgIpc) is 2.66. The van der Waals surface area contributed by atoms with E-state index in [-0.39, 0.29) is 5.24 Å². The Kier molecular flexibility index (Phi) is 7.24. The molecule has 2 aromatic rings. The molecule has 1 aliphatic heterocycles. The third kappa shape index (κ3) is 5.40. The maximum atomic E-state index is 11.0. The second kappa shape index (κ2) is 9.47.